The van der Waals surface area contributed by atoms with Crippen molar-refractivity contribution in [1.82, 2.24) is 0 Å². The quantitative estimate of drug-likeness (QED) is 0.139. The van der Waals surface area contributed by atoms with Crippen LogP contribution in [0.2, 0.25) is 0 Å². The molecule has 2 aliphatic carbocycles. The topological polar surface area (TPSA) is 0 Å². The summed E-state index contributed by atoms with van der Waals surface area (Å²) in [5, 5.41) is 0. The number of benzene rings is 8. The second-order valence-electron chi connectivity index (χ2n) is 19.5. The van der Waals surface area contributed by atoms with Gasteiger partial charge in [0.05, 0.1) is 9.49 Å². The lowest BCUT2D eigenvalue weighted by Gasteiger charge is -2.48. The number of allylic oxidation sites excluding steroid dienone is 4. The number of rotatable bonds is 8. The Labute approximate surface area is 429 Å². The van der Waals surface area contributed by atoms with Gasteiger partial charge in [0.1, 0.15) is 0 Å². The highest BCUT2D eigenvalue weighted by Gasteiger charge is 2.84. The van der Waals surface area contributed by atoms with Gasteiger partial charge < -0.3 is 0 Å². The van der Waals surface area contributed by atoms with Crippen LogP contribution in [-0.4, -0.2) is 27.3 Å². The predicted molar refractivity (Wildman–Crippen MR) is 292 cm³/mol. The Hall–Kier alpha value is -7.00. The first-order valence-electron chi connectivity index (χ1n) is 24.2. The summed E-state index contributed by atoms with van der Waals surface area (Å²) in [6.07, 6.45) is 0. The van der Waals surface area contributed by atoms with E-state index >= 15 is 26.3 Å². The number of hydrogen-bond acceptors (Lipinski definition) is 2. The molecule has 8 aromatic rings. The Morgan fingerprint density at radius 1 is 0.288 bits per heavy atom. The zero-order chi connectivity index (χ0) is 50.7. The summed E-state index contributed by atoms with van der Waals surface area (Å²) < 4.78 is 95.9. The van der Waals surface area contributed by atoms with Crippen molar-refractivity contribution in [1.29, 1.82) is 0 Å². The van der Waals surface area contributed by atoms with E-state index < -0.39 is 38.4 Å². The fourth-order valence-corrected chi connectivity index (χ4v) is 15.0. The van der Waals surface area contributed by atoms with Crippen molar-refractivity contribution in [2.75, 3.05) is 0 Å². The molecule has 4 aliphatic rings. The van der Waals surface area contributed by atoms with E-state index in [9.17, 15) is 0 Å². The third-order valence-electron chi connectivity index (χ3n) is 15.4. The lowest BCUT2D eigenvalue weighted by molar-refractivity contribution is -0.258. The van der Waals surface area contributed by atoms with Gasteiger partial charge in [-0.15, -0.1) is 23.5 Å². The third-order valence-corrected chi connectivity index (χ3v) is 19.1. The largest absolute Gasteiger partial charge is 0.380 e. The van der Waals surface area contributed by atoms with E-state index in [1.54, 1.807) is 27.7 Å². The predicted octanol–water partition coefficient (Wildman–Crippen LogP) is 19.4. The van der Waals surface area contributed by atoms with Gasteiger partial charge >= 0.3 is 17.8 Å². The van der Waals surface area contributed by atoms with Crippen LogP contribution in [0.25, 0.3) is 76.6 Å². The highest BCUT2D eigenvalue weighted by molar-refractivity contribution is 8.14. The maximum Gasteiger partial charge on any atom is 0.380 e. The minimum absolute atomic E-state index is 0.146. The molecule has 360 valence electrons. The van der Waals surface area contributed by atoms with Gasteiger partial charge in [0, 0.05) is 21.0 Å². The van der Waals surface area contributed by atoms with Crippen molar-refractivity contribution in [3.63, 3.8) is 0 Å². The molecule has 2 heterocycles. The number of halogens is 6. The monoisotopic (exact) mass is 1000 g/mol. The molecule has 2 atom stereocenters. The first-order valence-corrected chi connectivity index (χ1v) is 25.8. The smallest absolute Gasteiger partial charge is 0.194 e. The highest BCUT2D eigenvalue weighted by atomic mass is 32.2. The molecule has 0 radical (unpaired) electrons. The van der Waals surface area contributed by atoms with E-state index in [1.165, 1.54) is 23.5 Å². The van der Waals surface area contributed by atoms with Gasteiger partial charge in [0.2, 0.25) is 0 Å². The van der Waals surface area contributed by atoms with Crippen molar-refractivity contribution in [3.05, 3.63) is 251 Å². The molecule has 1 fully saturated rings. The summed E-state index contributed by atoms with van der Waals surface area (Å²) in [6, 6.07) is 68.8. The van der Waals surface area contributed by atoms with Crippen LogP contribution >= 0.6 is 23.5 Å². The standard InChI is InChI=1S/C65H46F6S2/c1-39-55-57-58(64(68,69)65(70,71)63(57,66)67)56-40(2)60(48-31-27-46(28-32-48)52-36-34-50(42-19-11-6-12-20-42)38-54(52)44-23-15-8-16-24-44)73-62(56,4)61(55,3)72-59(39)47-29-25-45(26-30-47)51-35-33-49(41-17-9-5-10-18-41)37-53(51)43-21-13-7-14-22-43/h5-38H,1-4H3. The molecule has 0 bridgehead atoms. The minimum Gasteiger partial charge on any atom is -0.194 e. The Morgan fingerprint density at radius 3 is 0.890 bits per heavy atom. The lowest BCUT2D eigenvalue weighted by Crippen LogP contribution is -2.49. The molecule has 8 heteroatoms. The molecule has 73 heavy (non-hydrogen) atoms. The summed E-state index contributed by atoms with van der Waals surface area (Å²) in [7, 11) is 0. The molecule has 2 unspecified atom stereocenters. The average Bonchev–Trinajstić information content (AvgIpc) is 3.90. The minimum atomic E-state index is -5.67. The molecule has 0 amide bonds. The second-order valence-corrected chi connectivity index (χ2v) is 22.4. The van der Waals surface area contributed by atoms with Gasteiger partial charge in [-0.1, -0.05) is 194 Å². The first-order chi connectivity index (χ1) is 35.0. The van der Waals surface area contributed by atoms with Gasteiger partial charge in [-0.3, -0.25) is 0 Å². The number of hydrogen-bond donors (Lipinski definition) is 0. The molecule has 2 aliphatic heterocycles. The van der Waals surface area contributed by atoms with E-state index in [-0.39, 0.29) is 11.1 Å². The van der Waals surface area contributed by atoms with E-state index in [4.69, 9.17) is 0 Å². The van der Waals surface area contributed by atoms with Crippen molar-refractivity contribution >= 4 is 33.3 Å². The van der Waals surface area contributed by atoms with Crippen LogP contribution in [0.1, 0.15) is 38.8 Å². The fourth-order valence-electron chi connectivity index (χ4n) is 11.6. The summed E-state index contributed by atoms with van der Waals surface area (Å²) >= 11 is 2.60. The highest BCUT2D eigenvalue weighted by Crippen LogP contribution is 2.77. The maximum atomic E-state index is 16.7. The van der Waals surface area contributed by atoms with E-state index in [0.29, 0.717) is 32.1 Å². The average molecular weight is 1010 g/mol. The molecule has 8 aromatic carbocycles. The second kappa shape index (κ2) is 17.0. The molecular weight excluding hydrogens is 959 g/mol. The van der Waals surface area contributed by atoms with Gasteiger partial charge in [0.25, 0.3) is 0 Å². The zero-order valence-corrected chi connectivity index (χ0v) is 41.8. The number of fused-ring (bicyclic) bond motifs is 4. The van der Waals surface area contributed by atoms with Crippen LogP contribution in [0.5, 0.6) is 0 Å². The molecule has 0 spiro atoms. The van der Waals surface area contributed by atoms with Gasteiger partial charge in [0.15, 0.2) is 0 Å². The Kier molecular flexibility index (Phi) is 11.0. The summed E-state index contributed by atoms with van der Waals surface area (Å²) in [6.45, 7) is 6.77. The molecule has 1 saturated carbocycles. The molecule has 0 aromatic heterocycles. The van der Waals surface area contributed by atoms with Crippen LogP contribution in [0, 0.1) is 0 Å². The van der Waals surface area contributed by atoms with E-state index in [2.05, 4.69) is 84.9 Å². The summed E-state index contributed by atoms with van der Waals surface area (Å²) in [4.78, 5) is 1.16. The molecule has 12 rings (SSSR count). The maximum absolute atomic E-state index is 16.7. The Morgan fingerprint density at radius 2 is 0.562 bits per heavy atom. The Bertz CT molecular complexity index is 3410. The third kappa shape index (κ3) is 7.00. The van der Waals surface area contributed by atoms with Crippen molar-refractivity contribution in [2.45, 2.75) is 55.0 Å². The molecule has 0 N–H and O–H groups in total. The number of thioether (sulfide) groups is 2. The number of alkyl halides is 6. The fraction of sp³-hybridized carbons (Fsp3) is 0.138. The molecule has 0 nitrogen and oxygen atoms in total. The Balaban J connectivity index is 0.940. The van der Waals surface area contributed by atoms with Gasteiger partial charge in [-0.2, -0.15) is 26.3 Å². The molecule has 0 saturated heterocycles. The summed E-state index contributed by atoms with van der Waals surface area (Å²) in [5.74, 6) is -16.0. The summed E-state index contributed by atoms with van der Waals surface area (Å²) in [5.41, 5.74) is 11.4. The normalized spacial score (nSPS) is 21.4. The zero-order valence-electron chi connectivity index (χ0n) is 40.2. The van der Waals surface area contributed by atoms with Crippen LogP contribution in [0.4, 0.5) is 26.3 Å². The van der Waals surface area contributed by atoms with Gasteiger partial charge in [-0.25, -0.2) is 0 Å². The van der Waals surface area contributed by atoms with Crippen LogP contribution in [0.15, 0.2) is 240 Å². The van der Waals surface area contributed by atoms with Crippen LogP contribution in [-0.2, 0) is 0 Å². The first kappa shape index (κ1) is 47.0. The van der Waals surface area contributed by atoms with Crippen LogP contribution in [0.3, 0.4) is 0 Å². The van der Waals surface area contributed by atoms with Crippen molar-refractivity contribution in [3.8, 4) is 66.8 Å². The molecular formula is C65H46F6S2. The van der Waals surface area contributed by atoms with Crippen molar-refractivity contribution < 1.29 is 26.3 Å². The van der Waals surface area contributed by atoms with E-state index in [0.717, 1.165) is 66.8 Å². The SMILES string of the molecule is CC1=C(c2ccc(-c3ccc(-c4ccccc4)cc3-c3ccccc3)cc2)SC2(C)C1=C1C(=C3C(C)=C(c4ccc(-c5ccc(-c6ccccc6)cc5-c5ccccc5)cc4)SC32C)C(F)(F)C(F)(F)C1(F)F. The van der Waals surface area contributed by atoms with Crippen LogP contribution < -0.4 is 0 Å². The van der Waals surface area contributed by atoms with E-state index in [1.807, 2.05) is 121 Å². The lowest BCUT2D eigenvalue weighted by atomic mass is 9.68. The van der Waals surface area contributed by atoms with Crippen molar-refractivity contribution in [2.24, 2.45) is 0 Å². The van der Waals surface area contributed by atoms with Gasteiger partial charge in [-0.05, 0) is 140 Å².